The first-order valence-corrected chi connectivity index (χ1v) is 9.26. The van der Waals surface area contributed by atoms with Gasteiger partial charge in [-0.15, -0.1) is 0 Å². The molecule has 0 N–H and O–H groups in total. The lowest BCUT2D eigenvalue weighted by molar-refractivity contribution is 0.00195. The van der Waals surface area contributed by atoms with Crippen LogP contribution in [0.4, 0.5) is 9.59 Å². The van der Waals surface area contributed by atoms with Crippen molar-refractivity contribution < 1.29 is 19.1 Å². The van der Waals surface area contributed by atoms with Gasteiger partial charge < -0.3 is 9.47 Å². The second kappa shape index (κ2) is 7.74. The summed E-state index contributed by atoms with van der Waals surface area (Å²) in [7, 11) is 0. The van der Waals surface area contributed by atoms with Crippen LogP contribution in [0.2, 0.25) is 0 Å². The van der Waals surface area contributed by atoms with Crippen molar-refractivity contribution in [2.45, 2.75) is 72.4 Å². The molecule has 2 amide bonds. The van der Waals surface area contributed by atoms with Gasteiger partial charge >= 0.3 is 12.2 Å². The molecule has 0 atom stereocenters. The summed E-state index contributed by atoms with van der Waals surface area (Å²) >= 11 is 0. The number of carbonyl (C=O) groups excluding carboxylic acids is 2. The number of carbonyl (C=O) groups is 2. The van der Waals surface area contributed by atoms with E-state index in [0.29, 0.717) is 19.5 Å². The van der Waals surface area contributed by atoms with Gasteiger partial charge in [0.2, 0.25) is 6.29 Å². The van der Waals surface area contributed by atoms with E-state index >= 15 is 0 Å². The lowest BCUT2D eigenvalue weighted by atomic mass is 10.1. The monoisotopic (exact) mass is 377 g/mol. The van der Waals surface area contributed by atoms with E-state index in [1.807, 2.05) is 60.6 Å². The van der Waals surface area contributed by atoms with Crippen LogP contribution in [0.1, 0.15) is 54.9 Å². The lowest BCUT2D eigenvalue weighted by Gasteiger charge is -2.31. The summed E-state index contributed by atoms with van der Waals surface area (Å²) in [6.45, 7) is 13.6. The van der Waals surface area contributed by atoms with Crippen LogP contribution in [-0.2, 0) is 9.47 Å². The topological polar surface area (TPSA) is 71.4 Å². The van der Waals surface area contributed by atoms with Gasteiger partial charge in [-0.05, 0) is 54.5 Å². The number of aliphatic imine (C=N–C) groups is 1. The predicted molar refractivity (Wildman–Crippen MR) is 105 cm³/mol. The first-order chi connectivity index (χ1) is 12.4. The van der Waals surface area contributed by atoms with E-state index in [1.54, 1.807) is 0 Å². The van der Waals surface area contributed by atoms with E-state index in [4.69, 9.17) is 9.47 Å². The van der Waals surface area contributed by atoms with Gasteiger partial charge in [0, 0.05) is 25.2 Å². The second-order valence-corrected chi connectivity index (χ2v) is 8.80. The maximum absolute atomic E-state index is 12.6. The molecule has 0 aromatic heterocycles. The number of amides is 2. The molecule has 1 fully saturated rings. The molecule has 0 unspecified atom stereocenters. The second-order valence-electron chi connectivity index (χ2n) is 8.80. The zero-order valence-corrected chi connectivity index (χ0v) is 17.4. The molecule has 1 saturated heterocycles. The van der Waals surface area contributed by atoms with Gasteiger partial charge in [-0.1, -0.05) is 17.7 Å². The fourth-order valence-corrected chi connectivity index (χ4v) is 2.64. The SMILES string of the molecule is CC1=CCC(=NC2N(C(=O)OC(C)(C)C)CCN2C(=O)OC(C)(C)C)C=C1. The highest BCUT2D eigenvalue weighted by atomic mass is 16.6. The van der Waals surface area contributed by atoms with Crippen LogP contribution in [0.3, 0.4) is 0 Å². The lowest BCUT2D eigenvalue weighted by Crippen LogP contribution is -2.46. The van der Waals surface area contributed by atoms with E-state index in [-0.39, 0.29) is 0 Å². The van der Waals surface area contributed by atoms with Crippen LogP contribution in [0.5, 0.6) is 0 Å². The van der Waals surface area contributed by atoms with Crippen molar-refractivity contribution in [2.75, 3.05) is 13.1 Å². The molecular formula is C20H31N3O4. The molecule has 0 bridgehead atoms. The number of hydrogen-bond acceptors (Lipinski definition) is 5. The fraction of sp³-hybridized carbons (Fsp3) is 0.650. The molecule has 2 aliphatic rings. The Balaban J connectivity index is 2.27. The van der Waals surface area contributed by atoms with Crippen molar-refractivity contribution in [3.05, 3.63) is 23.8 Å². The Hall–Kier alpha value is -2.31. The average Bonchev–Trinajstić information content (AvgIpc) is 2.90. The Morgan fingerprint density at radius 3 is 1.81 bits per heavy atom. The number of rotatable bonds is 1. The van der Waals surface area contributed by atoms with Crippen LogP contribution < -0.4 is 0 Å². The highest BCUT2D eigenvalue weighted by Crippen LogP contribution is 2.23. The number of nitrogens with zero attached hydrogens (tertiary/aromatic N) is 3. The van der Waals surface area contributed by atoms with Crippen LogP contribution >= 0.6 is 0 Å². The normalized spacial score (nSPS) is 20.1. The van der Waals surface area contributed by atoms with Gasteiger partial charge in [0.15, 0.2) is 0 Å². The number of ether oxygens (including phenoxy) is 2. The highest BCUT2D eigenvalue weighted by molar-refractivity contribution is 5.97. The Bertz CT molecular complexity index is 644. The van der Waals surface area contributed by atoms with E-state index in [9.17, 15) is 9.59 Å². The predicted octanol–water partition coefficient (Wildman–Crippen LogP) is 4.11. The Labute approximate surface area is 161 Å². The van der Waals surface area contributed by atoms with Crippen molar-refractivity contribution >= 4 is 17.9 Å². The van der Waals surface area contributed by atoms with Gasteiger partial charge in [0.25, 0.3) is 0 Å². The zero-order chi connectivity index (χ0) is 20.4. The van der Waals surface area contributed by atoms with E-state index in [0.717, 1.165) is 11.3 Å². The van der Waals surface area contributed by atoms with E-state index in [1.165, 1.54) is 9.80 Å². The molecule has 0 spiro atoms. The fourth-order valence-electron chi connectivity index (χ4n) is 2.64. The van der Waals surface area contributed by atoms with Crippen molar-refractivity contribution in [2.24, 2.45) is 4.99 Å². The minimum Gasteiger partial charge on any atom is -0.444 e. The van der Waals surface area contributed by atoms with Gasteiger partial charge in [-0.25, -0.2) is 14.6 Å². The third kappa shape index (κ3) is 6.12. The molecule has 7 nitrogen and oxygen atoms in total. The van der Waals surface area contributed by atoms with Gasteiger partial charge in [0.1, 0.15) is 11.2 Å². The van der Waals surface area contributed by atoms with Crippen LogP contribution in [0.15, 0.2) is 28.8 Å². The zero-order valence-electron chi connectivity index (χ0n) is 17.4. The molecule has 2 rings (SSSR count). The Morgan fingerprint density at radius 1 is 0.963 bits per heavy atom. The standard InChI is InChI=1S/C20H31N3O4/c1-14-8-10-15(11-9-14)21-16-22(17(24)26-19(2,3)4)12-13-23(16)18(25)27-20(5,6)7/h8-10,16H,11-13H2,1-7H3. The maximum Gasteiger partial charge on any atom is 0.413 e. The molecule has 27 heavy (non-hydrogen) atoms. The molecule has 0 aromatic carbocycles. The van der Waals surface area contributed by atoms with Crippen molar-refractivity contribution in [1.82, 2.24) is 9.80 Å². The van der Waals surface area contributed by atoms with Crippen molar-refractivity contribution in [3.8, 4) is 0 Å². The molecule has 0 radical (unpaired) electrons. The van der Waals surface area contributed by atoms with Gasteiger partial charge in [0.05, 0.1) is 0 Å². The quantitative estimate of drug-likeness (QED) is 0.689. The molecule has 1 heterocycles. The summed E-state index contributed by atoms with van der Waals surface area (Å²) < 4.78 is 11.0. The molecular weight excluding hydrogens is 346 g/mol. The minimum absolute atomic E-state index is 0.341. The van der Waals surface area contributed by atoms with Crippen molar-refractivity contribution in [1.29, 1.82) is 0 Å². The molecule has 1 aliphatic heterocycles. The van der Waals surface area contributed by atoms with Crippen LogP contribution in [0.25, 0.3) is 0 Å². The third-order valence-electron chi connectivity index (χ3n) is 3.85. The molecule has 0 saturated carbocycles. The summed E-state index contributed by atoms with van der Waals surface area (Å²) in [6, 6.07) is 0. The van der Waals surface area contributed by atoms with Crippen molar-refractivity contribution in [3.63, 3.8) is 0 Å². The van der Waals surface area contributed by atoms with E-state index in [2.05, 4.69) is 11.1 Å². The smallest absolute Gasteiger partial charge is 0.413 e. The van der Waals surface area contributed by atoms with Gasteiger partial charge in [-0.2, -0.15) is 0 Å². The highest BCUT2D eigenvalue weighted by Gasteiger charge is 2.41. The summed E-state index contributed by atoms with van der Waals surface area (Å²) in [4.78, 5) is 32.9. The average molecular weight is 377 g/mol. The third-order valence-corrected chi connectivity index (χ3v) is 3.85. The number of hydrogen-bond donors (Lipinski definition) is 0. The summed E-state index contributed by atoms with van der Waals surface area (Å²) in [5, 5.41) is 0. The number of allylic oxidation sites excluding steroid dienone is 4. The summed E-state index contributed by atoms with van der Waals surface area (Å²) in [5.41, 5.74) is 0.709. The van der Waals surface area contributed by atoms with Crippen LogP contribution in [-0.4, -0.2) is 58.3 Å². The Morgan fingerprint density at radius 2 is 1.44 bits per heavy atom. The van der Waals surface area contributed by atoms with Crippen LogP contribution in [0, 0.1) is 0 Å². The Kier molecular flexibility index (Phi) is 6.02. The minimum atomic E-state index is -0.777. The summed E-state index contributed by atoms with van der Waals surface area (Å²) in [5.74, 6) is 0. The molecule has 150 valence electrons. The molecule has 7 heteroatoms. The maximum atomic E-state index is 12.6. The first-order valence-electron chi connectivity index (χ1n) is 9.26. The van der Waals surface area contributed by atoms with E-state index < -0.39 is 29.7 Å². The first kappa shape index (κ1) is 21.0. The summed E-state index contributed by atoms with van der Waals surface area (Å²) in [6.07, 6.45) is 4.83. The van der Waals surface area contributed by atoms with Gasteiger partial charge in [-0.3, -0.25) is 9.80 Å². The molecule has 1 aliphatic carbocycles. The largest absolute Gasteiger partial charge is 0.444 e. The molecule has 0 aromatic rings.